The molecule has 1 atom stereocenters. The van der Waals surface area contributed by atoms with Gasteiger partial charge in [0.15, 0.2) is 0 Å². The molecule has 1 heterocycles. The zero-order valence-electron chi connectivity index (χ0n) is 7.88. The van der Waals surface area contributed by atoms with Crippen LogP contribution in [0.25, 0.3) is 0 Å². The zero-order valence-corrected chi connectivity index (χ0v) is 8.64. The first-order valence-electron chi connectivity index (χ1n) is 4.56. The molecule has 0 bridgehead atoms. The second-order valence-electron chi connectivity index (χ2n) is 3.17. The van der Waals surface area contributed by atoms with Crippen molar-refractivity contribution in [2.75, 3.05) is 11.9 Å². The van der Waals surface area contributed by atoms with Crippen molar-refractivity contribution in [3.05, 3.63) is 29.3 Å². The van der Waals surface area contributed by atoms with Crippen LogP contribution in [0.1, 0.15) is 0 Å². The Morgan fingerprint density at radius 3 is 2.93 bits per heavy atom. The Morgan fingerprint density at radius 1 is 1.47 bits per heavy atom. The van der Waals surface area contributed by atoms with E-state index in [0.717, 1.165) is 0 Å². The number of hydrogen-bond donors (Lipinski definition) is 4. The lowest BCUT2D eigenvalue weighted by Gasteiger charge is -2.10. The molecule has 0 radical (unpaired) electrons. The van der Waals surface area contributed by atoms with Crippen LogP contribution in [0.4, 0.5) is 5.69 Å². The van der Waals surface area contributed by atoms with E-state index in [1.165, 1.54) is 0 Å². The van der Waals surface area contributed by atoms with E-state index < -0.39 is 0 Å². The second-order valence-corrected chi connectivity index (χ2v) is 3.58. The monoisotopic (exact) mass is 226 g/mol. The van der Waals surface area contributed by atoms with Crippen molar-refractivity contribution < 1.29 is 4.79 Å². The highest BCUT2D eigenvalue weighted by Gasteiger charge is 2.22. The van der Waals surface area contributed by atoms with E-state index in [4.69, 9.17) is 11.6 Å². The van der Waals surface area contributed by atoms with E-state index in [0.29, 0.717) is 17.3 Å². The molecule has 1 fully saturated rings. The minimum absolute atomic E-state index is 0.124. The molecule has 0 aliphatic carbocycles. The van der Waals surface area contributed by atoms with Crippen LogP contribution < -0.4 is 21.7 Å². The topological polar surface area (TPSA) is 65.2 Å². The fraction of sp³-hybridized carbons (Fsp3) is 0.222. The normalized spacial score (nSPS) is 20.2. The average Bonchev–Trinajstić information content (AvgIpc) is 2.74. The van der Waals surface area contributed by atoms with Gasteiger partial charge in [0.25, 0.3) is 0 Å². The Hall–Kier alpha value is -1.14. The maximum Gasteiger partial charge on any atom is 0.244 e. The van der Waals surface area contributed by atoms with E-state index >= 15 is 0 Å². The molecule has 0 saturated carbocycles. The summed E-state index contributed by atoms with van der Waals surface area (Å²) in [5.74, 6) is -0.124. The Morgan fingerprint density at radius 2 is 2.27 bits per heavy atom. The zero-order chi connectivity index (χ0) is 10.7. The van der Waals surface area contributed by atoms with Crippen LogP contribution >= 0.6 is 11.6 Å². The largest absolute Gasteiger partial charge is 0.323 e. The summed E-state index contributed by atoms with van der Waals surface area (Å²) in [6.07, 6.45) is 0. The third-order valence-corrected chi connectivity index (χ3v) is 2.42. The molecule has 1 unspecified atom stereocenters. The van der Waals surface area contributed by atoms with Gasteiger partial charge in [-0.3, -0.25) is 4.79 Å². The number of amides is 1. The molecular weight excluding hydrogens is 216 g/mol. The quantitative estimate of drug-likeness (QED) is 0.584. The first kappa shape index (κ1) is 10.4. The fourth-order valence-electron chi connectivity index (χ4n) is 1.28. The number of rotatable bonds is 2. The lowest BCUT2D eigenvalue weighted by molar-refractivity contribution is -0.117. The Labute approximate surface area is 92.1 Å². The van der Waals surface area contributed by atoms with Gasteiger partial charge in [0.1, 0.15) is 6.04 Å². The number of carbonyl (C=O) groups is 1. The smallest absolute Gasteiger partial charge is 0.244 e. The molecular formula is C9H11ClN4O. The fourth-order valence-corrected chi connectivity index (χ4v) is 1.47. The summed E-state index contributed by atoms with van der Waals surface area (Å²) in [5.41, 5.74) is 8.86. The van der Waals surface area contributed by atoms with Crippen LogP contribution in [-0.4, -0.2) is 18.5 Å². The standard InChI is InChI=1S/C9H11ClN4O/c10-6-3-1-2-4-7(6)12-9(15)8-5-11-14-13-8/h1-4,8,11,13-14H,5H2,(H,12,15). The summed E-state index contributed by atoms with van der Waals surface area (Å²) in [5, 5.41) is 3.27. The molecule has 0 spiro atoms. The van der Waals surface area contributed by atoms with Crippen molar-refractivity contribution in [2.45, 2.75) is 6.04 Å². The molecule has 0 aromatic heterocycles. The predicted molar refractivity (Wildman–Crippen MR) is 58.1 cm³/mol. The number of hydrazine groups is 2. The number of halogens is 1. The van der Waals surface area contributed by atoms with Crippen molar-refractivity contribution in [2.24, 2.45) is 0 Å². The van der Waals surface area contributed by atoms with Gasteiger partial charge in [-0.05, 0) is 12.1 Å². The van der Waals surface area contributed by atoms with Crippen molar-refractivity contribution >= 4 is 23.2 Å². The molecule has 6 heteroatoms. The number of benzene rings is 1. The summed E-state index contributed by atoms with van der Waals surface area (Å²) in [6, 6.07) is 6.84. The molecule has 4 N–H and O–H groups in total. The van der Waals surface area contributed by atoms with Gasteiger partial charge in [-0.25, -0.2) is 10.9 Å². The first-order valence-corrected chi connectivity index (χ1v) is 4.94. The molecule has 1 aliphatic rings. The van der Waals surface area contributed by atoms with Gasteiger partial charge in [0.2, 0.25) is 5.91 Å². The number of hydrogen-bond acceptors (Lipinski definition) is 4. The average molecular weight is 227 g/mol. The SMILES string of the molecule is O=C(Nc1ccccc1Cl)C1CNNN1. The number of nitrogens with one attached hydrogen (secondary N) is 4. The van der Waals surface area contributed by atoms with E-state index in [9.17, 15) is 4.79 Å². The maximum atomic E-state index is 11.7. The minimum Gasteiger partial charge on any atom is -0.323 e. The van der Waals surface area contributed by atoms with Gasteiger partial charge in [0.05, 0.1) is 10.7 Å². The summed E-state index contributed by atoms with van der Waals surface area (Å²) in [6.45, 7) is 0.538. The van der Waals surface area contributed by atoms with Gasteiger partial charge < -0.3 is 5.32 Å². The van der Waals surface area contributed by atoms with E-state index in [2.05, 4.69) is 21.7 Å². The maximum absolute atomic E-state index is 11.7. The van der Waals surface area contributed by atoms with Crippen LogP contribution in [0, 0.1) is 0 Å². The molecule has 1 amide bonds. The Balaban J connectivity index is 2.02. The van der Waals surface area contributed by atoms with Crippen molar-refractivity contribution in [3.8, 4) is 0 Å². The second kappa shape index (κ2) is 4.59. The Kier molecular flexibility index (Phi) is 3.17. The third-order valence-electron chi connectivity index (χ3n) is 2.09. The summed E-state index contributed by atoms with van der Waals surface area (Å²) >= 11 is 5.91. The lowest BCUT2D eigenvalue weighted by Crippen LogP contribution is -2.41. The molecule has 1 saturated heterocycles. The van der Waals surface area contributed by atoms with Gasteiger partial charge in [-0.2, -0.15) is 5.53 Å². The summed E-state index contributed by atoms with van der Waals surface area (Å²) in [4.78, 5) is 11.7. The highest BCUT2D eigenvalue weighted by molar-refractivity contribution is 6.33. The van der Waals surface area contributed by atoms with E-state index in [-0.39, 0.29) is 11.9 Å². The highest BCUT2D eigenvalue weighted by Crippen LogP contribution is 2.20. The van der Waals surface area contributed by atoms with Crippen LogP contribution in [0.15, 0.2) is 24.3 Å². The first-order chi connectivity index (χ1) is 7.27. The minimum atomic E-state index is -0.290. The molecule has 80 valence electrons. The van der Waals surface area contributed by atoms with Crippen molar-refractivity contribution in [1.29, 1.82) is 0 Å². The number of para-hydroxylation sites is 1. The van der Waals surface area contributed by atoms with E-state index in [1.54, 1.807) is 12.1 Å². The van der Waals surface area contributed by atoms with Gasteiger partial charge >= 0.3 is 0 Å². The van der Waals surface area contributed by atoms with Crippen LogP contribution in [-0.2, 0) is 4.79 Å². The van der Waals surface area contributed by atoms with Crippen molar-refractivity contribution in [1.82, 2.24) is 16.4 Å². The van der Waals surface area contributed by atoms with E-state index in [1.807, 2.05) is 12.1 Å². The van der Waals surface area contributed by atoms with Crippen LogP contribution in [0.5, 0.6) is 0 Å². The lowest BCUT2D eigenvalue weighted by atomic mass is 10.2. The number of carbonyl (C=O) groups excluding carboxylic acids is 1. The molecule has 1 aliphatic heterocycles. The highest BCUT2D eigenvalue weighted by atomic mass is 35.5. The Bertz CT molecular complexity index is 365. The van der Waals surface area contributed by atoms with Gasteiger partial charge in [-0.1, -0.05) is 23.7 Å². The molecule has 5 nitrogen and oxygen atoms in total. The van der Waals surface area contributed by atoms with Gasteiger partial charge in [-0.15, -0.1) is 0 Å². The van der Waals surface area contributed by atoms with Crippen LogP contribution in [0.2, 0.25) is 5.02 Å². The summed E-state index contributed by atoms with van der Waals surface area (Å²) in [7, 11) is 0. The third kappa shape index (κ3) is 2.45. The molecule has 15 heavy (non-hydrogen) atoms. The molecule has 1 aromatic carbocycles. The molecule has 2 rings (SSSR count). The predicted octanol–water partition coefficient (Wildman–Crippen LogP) is 0.259. The van der Waals surface area contributed by atoms with Crippen molar-refractivity contribution in [3.63, 3.8) is 0 Å². The molecule has 1 aromatic rings. The van der Waals surface area contributed by atoms with Gasteiger partial charge in [0, 0.05) is 6.54 Å². The number of anilines is 1. The summed E-state index contributed by atoms with van der Waals surface area (Å²) < 4.78 is 0. The van der Waals surface area contributed by atoms with Crippen LogP contribution in [0.3, 0.4) is 0 Å².